The molecule has 1 rings (SSSR count). The molecule has 0 N–H and O–H groups in total. The topological polar surface area (TPSA) is 63.2 Å². The first-order valence-electron chi connectivity index (χ1n) is 11.5. The highest BCUT2D eigenvalue weighted by Crippen LogP contribution is 2.16. The fourth-order valence-electron chi connectivity index (χ4n) is 3.50. The van der Waals surface area contributed by atoms with E-state index in [2.05, 4.69) is 11.8 Å². The largest absolute Gasteiger partial charge is 0.469 e. The van der Waals surface area contributed by atoms with E-state index in [0.29, 0.717) is 19.3 Å². The summed E-state index contributed by atoms with van der Waals surface area (Å²) in [5, 5.41) is 0. The summed E-state index contributed by atoms with van der Waals surface area (Å²) in [5.74, 6) is 5.91. The van der Waals surface area contributed by atoms with Crippen molar-refractivity contribution in [1.82, 2.24) is 0 Å². The summed E-state index contributed by atoms with van der Waals surface area (Å²) in [6, 6.07) is 0. The number of hydrogen-bond donors (Lipinski definition) is 0. The van der Waals surface area contributed by atoms with Crippen LogP contribution in [0.4, 0.5) is 0 Å². The first kappa shape index (κ1) is 26.9. The number of esters is 1. The molecule has 2 unspecified atom stereocenters. The number of carbonyl (C=O) groups excluding carboxylic acids is 1. The minimum absolute atomic E-state index is 0.0393. The molecular weight excluding hydrogens is 384 g/mol. The Labute approximate surface area is 183 Å². The molecule has 2 atom stereocenters. The van der Waals surface area contributed by atoms with Gasteiger partial charge in [0, 0.05) is 40.3 Å². The smallest absolute Gasteiger partial charge is 0.309 e. The van der Waals surface area contributed by atoms with Crippen LogP contribution in [0.5, 0.6) is 0 Å². The molecule has 1 fully saturated rings. The zero-order chi connectivity index (χ0) is 21.9. The van der Waals surface area contributed by atoms with E-state index in [1.165, 1.54) is 45.6 Å². The number of unbranched alkanes of at least 4 members (excludes halogenated alkanes) is 6. The van der Waals surface area contributed by atoms with E-state index >= 15 is 0 Å². The minimum atomic E-state index is -0.294. The highest BCUT2D eigenvalue weighted by Gasteiger charge is 2.20. The van der Waals surface area contributed by atoms with E-state index in [1.54, 1.807) is 14.2 Å². The third-order valence-corrected chi connectivity index (χ3v) is 5.42. The number of rotatable bonds is 16. The molecule has 174 valence electrons. The lowest BCUT2D eigenvalue weighted by Gasteiger charge is -2.22. The molecule has 1 aliphatic heterocycles. The molecule has 0 aromatic rings. The third kappa shape index (κ3) is 13.2. The molecule has 0 aromatic carbocycles. The summed E-state index contributed by atoms with van der Waals surface area (Å²) in [4.78, 5) is 11.9. The van der Waals surface area contributed by atoms with E-state index < -0.39 is 0 Å². The maximum absolute atomic E-state index is 11.9. The van der Waals surface area contributed by atoms with Gasteiger partial charge in [0.15, 0.2) is 12.6 Å². The average molecular weight is 427 g/mol. The standard InChI is InChI=1S/C24H42O6/c1-26-22(27-2)18-17-21(24(25)28-3)15-11-9-7-5-4-6-8-10-13-19-29-23-16-12-14-20-30-23/h21-23H,4-8,10,12-20H2,1-3H3. The van der Waals surface area contributed by atoms with Crippen molar-refractivity contribution < 1.29 is 28.5 Å². The van der Waals surface area contributed by atoms with Gasteiger partial charge in [-0.15, -0.1) is 11.8 Å². The SMILES string of the molecule is COC(=O)C(CC#CCCCCCCCCOC1CCCCO1)CCC(OC)OC. The molecule has 0 bridgehead atoms. The van der Waals surface area contributed by atoms with E-state index in [-0.39, 0.29) is 24.5 Å². The summed E-state index contributed by atoms with van der Waals surface area (Å²) < 4.78 is 26.6. The Morgan fingerprint density at radius 2 is 1.70 bits per heavy atom. The summed E-state index contributed by atoms with van der Waals surface area (Å²) in [6.45, 7) is 1.66. The van der Waals surface area contributed by atoms with Gasteiger partial charge < -0.3 is 23.7 Å². The van der Waals surface area contributed by atoms with Crippen LogP contribution >= 0.6 is 0 Å². The lowest BCUT2D eigenvalue weighted by Crippen LogP contribution is -2.22. The molecule has 6 heteroatoms. The van der Waals surface area contributed by atoms with Crippen molar-refractivity contribution in [2.75, 3.05) is 34.5 Å². The Morgan fingerprint density at radius 3 is 2.37 bits per heavy atom. The number of carbonyl (C=O) groups is 1. The maximum atomic E-state index is 11.9. The van der Waals surface area contributed by atoms with Crippen molar-refractivity contribution in [1.29, 1.82) is 0 Å². The summed E-state index contributed by atoms with van der Waals surface area (Å²) in [5.41, 5.74) is 0. The molecule has 0 spiro atoms. The first-order chi connectivity index (χ1) is 14.7. The summed E-state index contributed by atoms with van der Waals surface area (Å²) in [6.07, 6.45) is 13.0. The van der Waals surface area contributed by atoms with Crippen LogP contribution in [-0.2, 0) is 28.5 Å². The lowest BCUT2D eigenvalue weighted by molar-refractivity contribution is -0.162. The van der Waals surface area contributed by atoms with Gasteiger partial charge in [0.25, 0.3) is 0 Å². The fourth-order valence-corrected chi connectivity index (χ4v) is 3.50. The van der Waals surface area contributed by atoms with Gasteiger partial charge in [-0.05, 0) is 44.9 Å². The van der Waals surface area contributed by atoms with Crippen LogP contribution < -0.4 is 0 Å². The highest BCUT2D eigenvalue weighted by atomic mass is 16.7. The second-order valence-electron chi connectivity index (χ2n) is 7.79. The maximum Gasteiger partial charge on any atom is 0.309 e. The van der Waals surface area contributed by atoms with Gasteiger partial charge in [0.2, 0.25) is 0 Å². The second kappa shape index (κ2) is 18.6. The highest BCUT2D eigenvalue weighted by molar-refractivity contribution is 5.72. The van der Waals surface area contributed by atoms with Gasteiger partial charge in [-0.25, -0.2) is 0 Å². The number of hydrogen-bond acceptors (Lipinski definition) is 6. The van der Waals surface area contributed by atoms with Crippen LogP contribution in [0.1, 0.15) is 83.5 Å². The molecule has 0 aliphatic carbocycles. The summed E-state index contributed by atoms with van der Waals surface area (Å²) in [7, 11) is 4.62. The fraction of sp³-hybridized carbons (Fsp3) is 0.875. The average Bonchev–Trinajstić information content (AvgIpc) is 2.79. The van der Waals surface area contributed by atoms with Crippen LogP contribution in [-0.4, -0.2) is 53.1 Å². The van der Waals surface area contributed by atoms with E-state index in [9.17, 15) is 4.79 Å². The molecule has 0 radical (unpaired) electrons. The third-order valence-electron chi connectivity index (χ3n) is 5.42. The van der Waals surface area contributed by atoms with Crippen LogP contribution in [0.15, 0.2) is 0 Å². The van der Waals surface area contributed by atoms with Gasteiger partial charge in [-0.1, -0.05) is 25.7 Å². The Bertz CT molecular complexity index is 474. The van der Waals surface area contributed by atoms with Gasteiger partial charge >= 0.3 is 5.97 Å². The molecule has 1 aliphatic rings. The molecule has 0 saturated carbocycles. The van der Waals surface area contributed by atoms with Crippen molar-refractivity contribution >= 4 is 5.97 Å². The first-order valence-corrected chi connectivity index (χ1v) is 11.5. The zero-order valence-electron chi connectivity index (χ0n) is 19.3. The second-order valence-corrected chi connectivity index (χ2v) is 7.79. The van der Waals surface area contributed by atoms with Crippen LogP contribution in [0.25, 0.3) is 0 Å². The van der Waals surface area contributed by atoms with Crippen LogP contribution in [0.2, 0.25) is 0 Å². The van der Waals surface area contributed by atoms with Gasteiger partial charge in [0.1, 0.15) is 0 Å². The van der Waals surface area contributed by atoms with Crippen LogP contribution in [0, 0.1) is 17.8 Å². The van der Waals surface area contributed by atoms with Crippen LogP contribution in [0.3, 0.4) is 0 Å². The van der Waals surface area contributed by atoms with E-state index in [0.717, 1.165) is 38.9 Å². The molecular formula is C24H42O6. The van der Waals surface area contributed by atoms with E-state index in [4.69, 9.17) is 23.7 Å². The molecule has 6 nitrogen and oxygen atoms in total. The molecule has 0 amide bonds. The molecule has 30 heavy (non-hydrogen) atoms. The van der Waals surface area contributed by atoms with Crippen molar-refractivity contribution in [3.63, 3.8) is 0 Å². The molecule has 1 heterocycles. The van der Waals surface area contributed by atoms with Gasteiger partial charge in [-0.2, -0.15) is 0 Å². The van der Waals surface area contributed by atoms with E-state index in [1.807, 2.05) is 0 Å². The number of ether oxygens (including phenoxy) is 5. The van der Waals surface area contributed by atoms with Crippen molar-refractivity contribution in [2.45, 2.75) is 96.1 Å². The summed E-state index contributed by atoms with van der Waals surface area (Å²) >= 11 is 0. The molecule has 0 aromatic heterocycles. The van der Waals surface area contributed by atoms with Gasteiger partial charge in [-0.3, -0.25) is 4.79 Å². The Balaban J connectivity index is 2.02. The minimum Gasteiger partial charge on any atom is -0.469 e. The predicted molar refractivity (Wildman–Crippen MR) is 117 cm³/mol. The molecule has 1 saturated heterocycles. The Hall–Kier alpha value is -1.13. The quantitative estimate of drug-likeness (QED) is 0.152. The van der Waals surface area contributed by atoms with Crippen molar-refractivity contribution in [2.24, 2.45) is 5.92 Å². The van der Waals surface area contributed by atoms with Crippen molar-refractivity contribution in [3.05, 3.63) is 0 Å². The zero-order valence-corrected chi connectivity index (χ0v) is 19.3. The predicted octanol–water partition coefficient (Wildman–Crippen LogP) is 4.84. The van der Waals surface area contributed by atoms with Crippen molar-refractivity contribution in [3.8, 4) is 11.8 Å². The monoisotopic (exact) mass is 426 g/mol. The normalized spacial score (nSPS) is 17.4. The Morgan fingerprint density at radius 1 is 0.967 bits per heavy atom. The van der Waals surface area contributed by atoms with Gasteiger partial charge in [0.05, 0.1) is 13.0 Å². The number of methoxy groups -OCH3 is 3. The lowest BCUT2D eigenvalue weighted by atomic mass is 9.99. The Kier molecular flexibility index (Phi) is 16.7.